The molecule has 1 fully saturated rings. The molecule has 0 aromatic carbocycles. The summed E-state index contributed by atoms with van der Waals surface area (Å²) in [7, 11) is 2.08. The van der Waals surface area contributed by atoms with Crippen molar-refractivity contribution in [2.45, 2.75) is 12.8 Å². The van der Waals surface area contributed by atoms with Gasteiger partial charge < -0.3 is 9.88 Å². The zero-order valence-corrected chi connectivity index (χ0v) is 9.64. The summed E-state index contributed by atoms with van der Waals surface area (Å²) >= 11 is 0. The minimum absolute atomic E-state index is 0.500. The number of nitrogens with one attached hydrogen (secondary N) is 1. The second-order valence-electron chi connectivity index (χ2n) is 4.58. The molecule has 1 saturated heterocycles. The Morgan fingerprint density at radius 1 is 1.50 bits per heavy atom. The zero-order valence-electron chi connectivity index (χ0n) is 9.64. The second kappa shape index (κ2) is 3.56. The number of fused-ring (bicyclic) bond motifs is 1. The summed E-state index contributed by atoms with van der Waals surface area (Å²) in [5.74, 6) is 2.37. The lowest BCUT2D eigenvalue weighted by atomic mass is 9.88. The molecule has 1 unspecified atom stereocenters. The van der Waals surface area contributed by atoms with E-state index in [1.165, 1.54) is 0 Å². The van der Waals surface area contributed by atoms with Gasteiger partial charge in [-0.3, -0.25) is 0 Å². The maximum Gasteiger partial charge on any atom is 0.177 e. The Labute approximate surface area is 94.7 Å². The van der Waals surface area contributed by atoms with E-state index in [2.05, 4.69) is 39.9 Å². The largest absolute Gasteiger partial charge is 0.330 e. The van der Waals surface area contributed by atoms with E-state index in [9.17, 15) is 0 Å². The Morgan fingerprint density at radius 3 is 2.94 bits per heavy atom. The maximum absolute atomic E-state index is 4.64. The molecule has 0 saturated carbocycles. The Morgan fingerprint density at radius 2 is 2.31 bits per heavy atom. The molecule has 0 bridgehead atoms. The van der Waals surface area contributed by atoms with E-state index in [-0.39, 0.29) is 0 Å². The number of hydrogen-bond acceptors (Lipinski definition) is 3. The van der Waals surface area contributed by atoms with Crippen LogP contribution in [-0.2, 0) is 7.05 Å². The van der Waals surface area contributed by atoms with Crippen LogP contribution in [0, 0.1) is 5.92 Å². The van der Waals surface area contributed by atoms with Crippen LogP contribution >= 0.6 is 0 Å². The molecule has 0 aliphatic carbocycles. The van der Waals surface area contributed by atoms with Crippen LogP contribution in [-0.4, -0.2) is 27.6 Å². The minimum atomic E-state index is 0.500. The lowest BCUT2D eigenvalue weighted by Gasteiger charge is -2.32. The average Bonchev–Trinajstić information content (AvgIpc) is 2.54. The van der Waals surface area contributed by atoms with Gasteiger partial charge in [-0.15, -0.1) is 0 Å². The van der Waals surface area contributed by atoms with Crippen LogP contribution in [0.1, 0.15) is 18.7 Å². The molecule has 2 aromatic heterocycles. The molecule has 1 atom stereocenters. The van der Waals surface area contributed by atoms with Crippen LogP contribution < -0.4 is 5.32 Å². The van der Waals surface area contributed by atoms with Gasteiger partial charge in [0.2, 0.25) is 0 Å². The molecule has 84 valence electrons. The summed E-state index contributed by atoms with van der Waals surface area (Å²) in [4.78, 5) is 8.94. The highest BCUT2D eigenvalue weighted by Gasteiger charge is 2.28. The fourth-order valence-corrected chi connectivity index (χ4v) is 2.33. The first-order chi connectivity index (χ1) is 7.77. The standard InChI is InChI=1S/C12H16N4/c1-8(9-6-13-7-9)12-15-11-10(16(12)2)4-3-5-14-11/h3-5,8-9,13H,6-7H2,1-2H3. The van der Waals surface area contributed by atoms with Gasteiger partial charge in [0.15, 0.2) is 5.65 Å². The van der Waals surface area contributed by atoms with Crippen molar-refractivity contribution >= 4 is 11.2 Å². The molecule has 4 heteroatoms. The van der Waals surface area contributed by atoms with Crippen LogP contribution in [0.25, 0.3) is 11.2 Å². The van der Waals surface area contributed by atoms with Crippen LogP contribution in [0.4, 0.5) is 0 Å². The van der Waals surface area contributed by atoms with Crippen molar-refractivity contribution in [1.29, 1.82) is 0 Å². The first kappa shape index (κ1) is 9.78. The van der Waals surface area contributed by atoms with Gasteiger partial charge in [-0.1, -0.05) is 6.92 Å². The van der Waals surface area contributed by atoms with Gasteiger partial charge in [0.05, 0.1) is 5.52 Å². The second-order valence-corrected chi connectivity index (χ2v) is 4.58. The van der Waals surface area contributed by atoms with E-state index < -0.39 is 0 Å². The van der Waals surface area contributed by atoms with Crippen LogP contribution in [0.2, 0.25) is 0 Å². The van der Waals surface area contributed by atoms with Crippen LogP contribution in [0.5, 0.6) is 0 Å². The van der Waals surface area contributed by atoms with E-state index in [0.717, 1.165) is 36.0 Å². The van der Waals surface area contributed by atoms with Crippen molar-refractivity contribution < 1.29 is 0 Å². The number of aromatic nitrogens is 3. The predicted octanol–water partition coefficient (Wildman–Crippen LogP) is 1.29. The molecule has 0 spiro atoms. The monoisotopic (exact) mass is 216 g/mol. The Balaban J connectivity index is 2.05. The summed E-state index contributed by atoms with van der Waals surface area (Å²) in [6.07, 6.45) is 1.80. The first-order valence-electron chi connectivity index (χ1n) is 5.75. The van der Waals surface area contributed by atoms with E-state index in [1.54, 1.807) is 6.20 Å². The molecule has 1 N–H and O–H groups in total. The number of imidazole rings is 1. The number of nitrogens with zero attached hydrogens (tertiary/aromatic N) is 3. The number of hydrogen-bond donors (Lipinski definition) is 1. The summed E-state index contributed by atoms with van der Waals surface area (Å²) in [6, 6.07) is 4.04. The normalized spacial score (nSPS) is 18.6. The molecule has 1 aliphatic rings. The molecular weight excluding hydrogens is 200 g/mol. The van der Waals surface area contributed by atoms with Gasteiger partial charge in [0.25, 0.3) is 0 Å². The topological polar surface area (TPSA) is 42.7 Å². The van der Waals surface area contributed by atoms with Gasteiger partial charge in [-0.25, -0.2) is 9.97 Å². The SMILES string of the molecule is CC(c1nc2ncccc2n1C)C1CNC1. The highest BCUT2D eigenvalue weighted by Crippen LogP contribution is 2.27. The lowest BCUT2D eigenvalue weighted by Crippen LogP contribution is -2.45. The third-order valence-corrected chi connectivity index (χ3v) is 3.62. The zero-order chi connectivity index (χ0) is 11.1. The van der Waals surface area contributed by atoms with Crippen molar-refractivity contribution in [2.75, 3.05) is 13.1 Å². The first-order valence-corrected chi connectivity index (χ1v) is 5.75. The van der Waals surface area contributed by atoms with Crippen LogP contribution in [0.3, 0.4) is 0 Å². The average molecular weight is 216 g/mol. The summed E-state index contributed by atoms with van der Waals surface area (Å²) in [6.45, 7) is 4.47. The van der Waals surface area contributed by atoms with Gasteiger partial charge in [-0.2, -0.15) is 0 Å². The third kappa shape index (κ3) is 1.33. The van der Waals surface area contributed by atoms with Crippen molar-refractivity contribution in [1.82, 2.24) is 19.9 Å². The minimum Gasteiger partial charge on any atom is -0.330 e. The molecule has 1 aliphatic heterocycles. The number of pyridine rings is 1. The lowest BCUT2D eigenvalue weighted by molar-refractivity contribution is 0.293. The molecule has 2 aromatic rings. The highest BCUT2D eigenvalue weighted by molar-refractivity contribution is 5.71. The van der Waals surface area contributed by atoms with Crippen LogP contribution in [0.15, 0.2) is 18.3 Å². The molecule has 4 nitrogen and oxygen atoms in total. The van der Waals surface area contributed by atoms with Gasteiger partial charge >= 0.3 is 0 Å². The van der Waals surface area contributed by atoms with Crippen molar-refractivity contribution in [2.24, 2.45) is 13.0 Å². The molecule has 3 heterocycles. The summed E-state index contributed by atoms with van der Waals surface area (Å²) in [5, 5.41) is 3.31. The Bertz CT molecular complexity index is 513. The highest BCUT2D eigenvalue weighted by atomic mass is 15.1. The van der Waals surface area contributed by atoms with E-state index in [4.69, 9.17) is 0 Å². The maximum atomic E-state index is 4.64. The summed E-state index contributed by atoms with van der Waals surface area (Å²) in [5.41, 5.74) is 1.98. The summed E-state index contributed by atoms with van der Waals surface area (Å²) < 4.78 is 2.17. The van der Waals surface area contributed by atoms with Gasteiger partial charge in [0, 0.05) is 19.2 Å². The molecule has 0 radical (unpaired) electrons. The number of rotatable bonds is 2. The van der Waals surface area contributed by atoms with E-state index in [1.807, 2.05) is 6.07 Å². The van der Waals surface area contributed by atoms with Crippen molar-refractivity contribution in [3.63, 3.8) is 0 Å². The van der Waals surface area contributed by atoms with E-state index in [0.29, 0.717) is 5.92 Å². The van der Waals surface area contributed by atoms with Gasteiger partial charge in [-0.05, 0) is 31.1 Å². The predicted molar refractivity (Wildman–Crippen MR) is 63.3 cm³/mol. The third-order valence-electron chi connectivity index (χ3n) is 3.62. The molecule has 16 heavy (non-hydrogen) atoms. The molecular formula is C12H16N4. The smallest absolute Gasteiger partial charge is 0.177 e. The molecule has 3 rings (SSSR count). The fraction of sp³-hybridized carbons (Fsp3) is 0.500. The van der Waals surface area contributed by atoms with Gasteiger partial charge in [0.1, 0.15) is 5.82 Å². The van der Waals surface area contributed by atoms with E-state index >= 15 is 0 Å². The Kier molecular flexibility index (Phi) is 2.17. The quantitative estimate of drug-likeness (QED) is 0.822. The van der Waals surface area contributed by atoms with Crippen molar-refractivity contribution in [3.05, 3.63) is 24.2 Å². The Hall–Kier alpha value is -1.42. The molecule has 0 amide bonds. The number of aryl methyl sites for hydroxylation is 1. The van der Waals surface area contributed by atoms with Crippen molar-refractivity contribution in [3.8, 4) is 0 Å². The fourth-order valence-electron chi connectivity index (χ4n) is 2.33.